The van der Waals surface area contributed by atoms with Crippen LogP contribution in [0.3, 0.4) is 0 Å². The van der Waals surface area contributed by atoms with Gasteiger partial charge < -0.3 is 0 Å². The molecule has 1 amide bonds. The minimum atomic E-state index is -0.326. The summed E-state index contributed by atoms with van der Waals surface area (Å²) in [5, 5.41) is 4.94. The van der Waals surface area contributed by atoms with Crippen LogP contribution in [0.5, 0.6) is 0 Å². The predicted molar refractivity (Wildman–Crippen MR) is 83.2 cm³/mol. The molecule has 0 fully saturated rings. The van der Waals surface area contributed by atoms with Gasteiger partial charge in [0, 0.05) is 5.39 Å². The molecule has 1 heterocycles. The second kappa shape index (κ2) is 5.96. The smallest absolute Gasteiger partial charge is 0.266 e. The van der Waals surface area contributed by atoms with E-state index >= 15 is 0 Å². The van der Waals surface area contributed by atoms with Gasteiger partial charge in [-0.1, -0.05) is 54.6 Å². The van der Waals surface area contributed by atoms with E-state index in [1.807, 2.05) is 60.7 Å². The lowest BCUT2D eigenvalue weighted by molar-refractivity contribution is 0.0950. The van der Waals surface area contributed by atoms with E-state index in [9.17, 15) is 4.79 Å². The molecule has 102 valence electrons. The summed E-state index contributed by atoms with van der Waals surface area (Å²) >= 11 is 0. The Balaban J connectivity index is 1.73. The minimum absolute atomic E-state index is 0.326. The van der Waals surface area contributed by atoms with Gasteiger partial charge in [-0.2, -0.15) is 5.10 Å². The quantitative estimate of drug-likeness (QED) is 0.590. The number of nitrogens with one attached hydrogen (secondary N) is 1. The van der Waals surface area contributed by atoms with E-state index in [2.05, 4.69) is 15.5 Å². The standard InChI is InChI=1S/C17H13N3O/c21-17(20-18-12-13-6-2-1-3-7-13)16-11-10-14-8-4-5-9-15(14)19-16/h1-12H,(H,20,21)/b18-12+. The molecule has 0 aliphatic heterocycles. The Hall–Kier alpha value is -3.01. The molecule has 3 rings (SSSR count). The van der Waals surface area contributed by atoms with Crippen LogP contribution in [0, 0.1) is 0 Å². The molecule has 21 heavy (non-hydrogen) atoms. The molecular formula is C17H13N3O. The number of fused-ring (bicyclic) bond motifs is 1. The number of pyridine rings is 1. The fourth-order valence-corrected chi connectivity index (χ4v) is 1.95. The molecule has 0 atom stereocenters. The van der Waals surface area contributed by atoms with E-state index in [-0.39, 0.29) is 5.91 Å². The van der Waals surface area contributed by atoms with E-state index < -0.39 is 0 Å². The maximum atomic E-state index is 12.0. The summed E-state index contributed by atoms with van der Waals surface area (Å²) in [6, 6.07) is 20.8. The van der Waals surface area contributed by atoms with Gasteiger partial charge in [-0.3, -0.25) is 4.79 Å². The van der Waals surface area contributed by atoms with Gasteiger partial charge in [0.1, 0.15) is 5.69 Å². The predicted octanol–water partition coefficient (Wildman–Crippen LogP) is 3.00. The Morgan fingerprint density at radius 2 is 1.71 bits per heavy atom. The summed E-state index contributed by atoms with van der Waals surface area (Å²) in [7, 11) is 0. The van der Waals surface area contributed by atoms with Crippen molar-refractivity contribution >= 4 is 23.0 Å². The van der Waals surface area contributed by atoms with Crippen LogP contribution in [0.4, 0.5) is 0 Å². The lowest BCUT2D eigenvalue weighted by Gasteiger charge is -2.01. The van der Waals surface area contributed by atoms with Crippen LogP contribution >= 0.6 is 0 Å². The number of rotatable bonds is 3. The average Bonchev–Trinajstić information content (AvgIpc) is 2.55. The summed E-state index contributed by atoms with van der Waals surface area (Å²) < 4.78 is 0. The van der Waals surface area contributed by atoms with Gasteiger partial charge in [0.2, 0.25) is 0 Å². The van der Waals surface area contributed by atoms with Crippen molar-refractivity contribution in [3.8, 4) is 0 Å². The van der Waals surface area contributed by atoms with Crippen molar-refractivity contribution < 1.29 is 4.79 Å². The highest BCUT2D eigenvalue weighted by molar-refractivity contribution is 5.95. The molecular weight excluding hydrogens is 262 g/mol. The molecule has 0 saturated carbocycles. The molecule has 0 saturated heterocycles. The average molecular weight is 275 g/mol. The Kier molecular flexibility index (Phi) is 3.69. The number of aromatic nitrogens is 1. The first-order valence-corrected chi connectivity index (χ1v) is 6.57. The maximum absolute atomic E-state index is 12.0. The van der Waals surface area contributed by atoms with Crippen molar-refractivity contribution in [1.29, 1.82) is 0 Å². The second-order valence-corrected chi connectivity index (χ2v) is 4.50. The fraction of sp³-hybridized carbons (Fsp3) is 0. The number of hydrogen-bond acceptors (Lipinski definition) is 3. The third-order valence-corrected chi connectivity index (χ3v) is 3.01. The molecule has 1 N–H and O–H groups in total. The maximum Gasteiger partial charge on any atom is 0.289 e. The fourth-order valence-electron chi connectivity index (χ4n) is 1.95. The van der Waals surface area contributed by atoms with E-state index in [0.29, 0.717) is 5.69 Å². The van der Waals surface area contributed by atoms with Crippen LogP contribution in [0.2, 0.25) is 0 Å². The molecule has 0 bridgehead atoms. The van der Waals surface area contributed by atoms with Gasteiger partial charge in [0.05, 0.1) is 11.7 Å². The van der Waals surface area contributed by atoms with Gasteiger partial charge in [-0.15, -0.1) is 0 Å². The Bertz CT molecular complexity index is 797. The molecule has 2 aromatic carbocycles. The Morgan fingerprint density at radius 3 is 2.57 bits per heavy atom. The number of amides is 1. The number of carbonyl (C=O) groups excluding carboxylic acids is 1. The number of carbonyl (C=O) groups is 1. The largest absolute Gasteiger partial charge is 0.289 e. The highest BCUT2D eigenvalue weighted by atomic mass is 16.2. The monoisotopic (exact) mass is 275 g/mol. The molecule has 0 radical (unpaired) electrons. The van der Waals surface area contributed by atoms with Crippen LogP contribution in [-0.2, 0) is 0 Å². The Labute approximate surface area is 122 Å². The highest BCUT2D eigenvalue weighted by Gasteiger charge is 2.06. The highest BCUT2D eigenvalue weighted by Crippen LogP contribution is 2.11. The summed E-state index contributed by atoms with van der Waals surface area (Å²) in [5.74, 6) is -0.326. The normalized spacial score (nSPS) is 10.9. The van der Waals surface area contributed by atoms with E-state index in [0.717, 1.165) is 16.5 Å². The third kappa shape index (κ3) is 3.12. The summed E-state index contributed by atoms with van der Waals surface area (Å²) in [6.07, 6.45) is 1.60. The molecule has 4 heteroatoms. The summed E-state index contributed by atoms with van der Waals surface area (Å²) in [4.78, 5) is 16.3. The second-order valence-electron chi connectivity index (χ2n) is 4.50. The zero-order valence-corrected chi connectivity index (χ0v) is 11.2. The summed E-state index contributed by atoms with van der Waals surface area (Å²) in [6.45, 7) is 0. The number of nitrogens with zero attached hydrogens (tertiary/aromatic N) is 2. The summed E-state index contributed by atoms with van der Waals surface area (Å²) in [5.41, 5.74) is 4.54. The van der Waals surface area contributed by atoms with Crippen LogP contribution in [0.1, 0.15) is 16.1 Å². The van der Waals surface area contributed by atoms with Crippen molar-refractivity contribution in [2.24, 2.45) is 5.10 Å². The van der Waals surface area contributed by atoms with Gasteiger partial charge in [0.25, 0.3) is 5.91 Å². The van der Waals surface area contributed by atoms with Gasteiger partial charge in [-0.05, 0) is 17.7 Å². The van der Waals surface area contributed by atoms with Crippen LogP contribution in [-0.4, -0.2) is 17.1 Å². The van der Waals surface area contributed by atoms with Crippen molar-refractivity contribution in [2.75, 3.05) is 0 Å². The molecule has 3 aromatic rings. The zero-order valence-electron chi connectivity index (χ0n) is 11.2. The number of hydrogen-bond donors (Lipinski definition) is 1. The van der Waals surface area contributed by atoms with E-state index in [1.54, 1.807) is 12.3 Å². The topological polar surface area (TPSA) is 54.4 Å². The number of hydrazone groups is 1. The number of benzene rings is 2. The van der Waals surface area contributed by atoms with Crippen molar-refractivity contribution in [3.05, 3.63) is 78.0 Å². The molecule has 4 nitrogen and oxygen atoms in total. The van der Waals surface area contributed by atoms with E-state index in [1.165, 1.54) is 0 Å². The van der Waals surface area contributed by atoms with Gasteiger partial charge in [0.15, 0.2) is 0 Å². The molecule has 0 aliphatic rings. The Morgan fingerprint density at radius 1 is 0.952 bits per heavy atom. The van der Waals surface area contributed by atoms with Gasteiger partial charge in [-0.25, -0.2) is 10.4 Å². The third-order valence-electron chi connectivity index (χ3n) is 3.01. The first-order valence-electron chi connectivity index (χ1n) is 6.57. The lowest BCUT2D eigenvalue weighted by atomic mass is 10.2. The lowest BCUT2D eigenvalue weighted by Crippen LogP contribution is -2.18. The molecule has 0 aliphatic carbocycles. The minimum Gasteiger partial charge on any atom is -0.266 e. The SMILES string of the molecule is O=C(N/N=C/c1ccccc1)c1ccc2ccccc2n1. The molecule has 0 unspecified atom stereocenters. The van der Waals surface area contributed by atoms with Crippen molar-refractivity contribution in [2.45, 2.75) is 0 Å². The van der Waals surface area contributed by atoms with Crippen LogP contribution < -0.4 is 5.43 Å². The van der Waals surface area contributed by atoms with Crippen LogP contribution in [0.15, 0.2) is 71.8 Å². The zero-order chi connectivity index (χ0) is 14.5. The van der Waals surface area contributed by atoms with Gasteiger partial charge >= 0.3 is 0 Å². The number of para-hydroxylation sites is 1. The van der Waals surface area contributed by atoms with E-state index in [4.69, 9.17) is 0 Å². The molecule has 0 spiro atoms. The van der Waals surface area contributed by atoms with Crippen molar-refractivity contribution in [3.63, 3.8) is 0 Å². The van der Waals surface area contributed by atoms with Crippen molar-refractivity contribution in [1.82, 2.24) is 10.4 Å². The first kappa shape index (κ1) is 13.0. The molecule has 1 aromatic heterocycles. The first-order chi connectivity index (χ1) is 10.3. The van der Waals surface area contributed by atoms with Crippen LogP contribution in [0.25, 0.3) is 10.9 Å².